The summed E-state index contributed by atoms with van der Waals surface area (Å²) in [6.07, 6.45) is 10.0. The minimum absolute atomic E-state index is 0.605. The minimum Gasteiger partial charge on any atom is -0.427 e. The van der Waals surface area contributed by atoms with E-state index in [-0.39, 0.29) is 0 Å². The Morgan fingerprint density at radius 1 is 1.25 bits per heavy atom. The van der Waals surface area contributed by atoms with Crippen LogP contribution in [0.5, 0.6) is 0 Å². The molecule has 0 atom stereocenters. The van der Waals surface area contributed by atoms with Gasteiger partial charge in [0.15, 0.2) is 5.65 Å². The molecule has 3 heteroatoms. The number of hydrogen-bond donors (Lipinski definition) is 1. The van der Waals surface area contributed by atoms with E-state index in [9.17, 15) is 5.21 Å². The number of pyridine rings is 1. The summed E-state index contributed by atoms with van der Waals surface area (Å²) in [7, 11) is 0. The number of rotatable bonds is 1. The Morgan fingerprint density at radius 2 is 2.06 bits per heavy atom. The van der Waals surface area contributed by atoms with E-state index in [4.69, 9.17) is 0 Å². The summed E-state index contributed by atoms with van der Waals surface area (Å²) in [6.45, 7) is 0. The highest BCUT2D eigenvalue weighted by molar-refractivity contribution is 5.80. The third kappa shape index (κ3) is 1.47. The van der Waals surface area contributed by atoms with Crippen LogP contribution >= 0.6 is 0 Å². The van der Waals surface area contributed by atoms with Crippen LogP contribution in [0.25, 0.3) is 11.0 Å². The van der Waals surface area contributed by atoms with Gasteiger partial charge >= 0.3 is 0 Å². The lowest BCUT2D eigenvalue weighted by molar-refractivity contribution is 0.197. The fourth-order valence-corrected chi connectivity index (χ4v) is 2.81. The molecule has 0 bridgehead atoms. The van der Waals surface area contributed by atoms with E-state index in [1.165, 1.54) is 42.4 Å². The Bertz CT molecular complexity index is 498. The van der Waals surface area contributed by atoms with Gasteiger partial charge in [0.1, 0.15) is 0 Å². The second-order valence-corrected chi connectivity index (χ2v) is 4.64. The van der Waals surface area contributed by atoms with E-state index in [1.54, 1.807) is 6.20 Å². The van der Waals surface area contributed by atoms with Crippen LogP contribution < -0.4 is 0 Å². The average molecular weight is 216 g/mol. The fourth-order valence-electron chi connectivity index (χ4n) is 2.81. The molecule has 2 heterocycles. The van der Waals surface area contributed by atoms with Gasteiger partial charge in [0.2, 0.25) is 0 Å². The van der Waals surface area contributed by atoms with Gasteiger partial charge in [-0.1, -0.05) is 19.3 Å². The minimum atomic E-state index is 0.605. The molecule has 0 saturated heterocycles. The molecule has 1 N–H and O–H groups in total. The van der Waals surface area contributed by atoms with Gasteiger partial charge in [0.05, 0.1) is 0 Å². The first-order valence-electron chi connectivity index (χ1n) is 6.01. The van der Waals surface area contributed by atoms with Crippen molar-refractivity contribution in [1.29, 1.82) is 0 Å². The van der Waals surface area contributed by atoms with Gasteiger partial charge in [0.25, 0.3) is 0 Å². The van der Waals surface area contributed by atoms with Gasteiger partial charge in [-0.3, -0.25) is 0 Å². The number of aromatic nitrogens is 2. The first-order valence-corrected chi connectivity index (χ1v) is 6.01. The molecule has 1 aliphatic rings. The Labute approximate surface area is 94.7 Å². The van der Waals surface area contributed by atoms with Crippen LogP contribution in [0.3, 0.4) is 0 Å². The molecule has 3 rings (SSSR count). The van der Waals surface area contributed by atoms with Crippen molar-refractivity contribution in [2.75, 3.05) is 0 Å². The third-order valence-electron chi connectivity index (χ3n) is 3.62. The summed E-state index contributed by atoms with van der Waals surface area (Å²) >= 11 is 0. The third-order valence-corrected chi connectivity index (χ3v) is 3.62. The first-order chi connectivity index (χ1) is 7.86. The highest BCUT2D eigenvalue weighted by Gasteiger charge is 2.20. The molecular formula is C13H16N2O. The smallest absolute Gasteiger partial charge is 0.175 e. The standard InChI is InChI=1S/C13H16N2O/c16-15-9-12(10-5-2-1-3-6-10)11-7-4-8-14-13(11)15/h4,7-10,16H,1-3,5-6H2. The molecular weight excluding hydrogens is 200 g/mol. The Kier molecular flexibility index (Phi) is 2.31. The van der Waals surface area contributed by atoms with Gasteiger partial charge in [-0.25, -0.2) is 4.98 Å². The number of hydrogen-bond acceptors (Lipinski definition) is 2. The first kappa shape index (κ1) is 9.70. The highest BCUT2D eigenvalue weighted by atomic mass is 16.5. The molecule has 2 aromatic heterocycles. The van der Waals surface area contributed by atoms with E-state index in [1.807, 2.05) is 12.3 Å². The van der Waals surface area contributed by atoms with Gasteiger partial charge in [-0.15, -0.1) is 0 Å². The number of fused-ring (bicyclic) bond motifs is 1. The van der Waals surface area contributed by atoms with Gasteiger partial charge < -0.3 is 5.21 Å². The molecule has 3 nitrogen and oxygen atoms in total. The van der Waals surface area contributed by atoms with Crippen LogP contribution in [0.4, 0.5) is 0 Å². The van der Waals surface area contributed by atoms with E-state index in [0.29, 0.717) is 11.6 Å². The molecule has 0 amide bonds. The summed E-state index contributed by atoms with van der Waals surface area (Å²) in [6, 6.07) is 3.99. The van der Waals surface area contributed by atoms with Gasteiger partial charge in [-0.05, 0) is 36.5 Å². The quantitative estimate of drug-likeness (QED) is 0.742. The van der Waals surface area contributed by atoms with Crippen LogP contribution in [-0.2, 0) is 0 Å². The van der Waals surface area contributed by atoms with Gasteiger partial charge in [0, 0.05) is 17.8 Å². The molecule has 0 aliphatic heterocycles. The second kappa shape index (κ2) is 3.81. The second-order valence-electron chi connectivity index (χ2n) is 4.64. The van der Waals surface area contributed by atoms with Crippen LogP contribution in [-0.4, -0.2) is 14.9 Å². The summed E-state index contributed by atoms with van der Waals surface area (Å²) in [5.41, 5.74) is 1.95. The maximum absolute atomic E-state index is 9.78. The van der Waals surface area contributed by atoms with E-state index in [0.717, 1.165) is 5.39 Å². The lowest BCUT2D eigenvalue weighted by Crippen LogP contribution is -2.03. The fraction of sp³-hybridized carbons (Fsp3) is 0.462. The molecule has 0 unspecified atom stereocenters. The maximum atomic E-state index is 9.78. The number of nitrogens with zero attached hydrogens (tertiary/aromatic N) is 2. The average Bonchev–Trinajstić information content (AvgIpc) is 2.69. The zero-order valence-electron chi connectivity index (χ0n) is 9.26. The molecule has 0 aromatic carbocycles. The molecule has 84 valence electrons. The lowest BCUT2D eigenvalue weighted by Gasteiger charge is -2.20. The maximum Gasteiger partial charge on any atom is 0.175 e. The Balaban J connectivity index is 2.08. The van der Waals surface area contributed by atoms with Crippen molar-refractivity contribution in [1.82, 2.24) is 9.71 Å². The topological polar surface area (TPSA) is 38.0 Å². The largest absolute Gasteiger partial charge is 0.427 e. The summed E-state index contributed by atoms with van der Waals surface area (Å²) in [4.78, 5) is 4.21. The Morgan fingerprint density at radius 3 is 2.88 bits per heavy atom. The van der Waals surface area contributed by atoms with Crippen molar-refractivity contribution in [2.24, 2.45) is 0 Å². The van der Waals surface area contributed by atoms with Crippen molar-refractivity contribution in [2.45, 2.75) is 38.0 Å². The van der Waals surface area contributed by atoms with Crippen molar-refractivity contribution in [3.05, 3.63) is 30.1 Å². The zero-order chi connectivity index (χ0) is 11.0. The van der Waals surface area contributed by atoms with Crippen LogP contribution in [0.1, 0.15) is 43.6 Å². The summed E-state index contributed by atoms with van der Waals surface area (Å²) in [5.74, 6) is 0.605. The Hall–Kier alpha value is -1.51. The SMILES string of the molecule is On1cc(C2CCCCC2)c2cccnc21. The molecule has 1 fully saturated rings. The normalized spacial score (nSPS) is 18.0. The van der Waals surface area contributed by atoms with Crippen molar-refractivity contribution >= 4 is 11.0 Å². The van der Waals surface area contributed by atoms with E-state index >= 15 is 0 Å². The molecule has 1 aliphatic carbocycles. The van der Waals surface area contributed by atoms with Crippen molar-refractivity contribution in [3.8, 4) is 0 Å². The molecule has 0 radical (unpaired) electrons. The van der Waals surface area contributed by atoms with Crippen LogP contribution in [0.15, 0.2) is 24.5 Å². The van der Waals surface area contributed by atoms with Gasteiger partial charge in [-0.2, -0.15) is 4.73 Å². The molecule has 1 saturated carbocycles. The molecule has 2 aromatic rings. The predicted molar refractivity (Wildman–Crippen MR) is 62.7 cm³/mol. The molecule has 0 spiro atoms. The monoisotopic (exact) mass is 216 g/mol. The van der Waals surface area contributed by atoms with Crippen molar-refractivity contribution in [3.63, 3.8) is 0 Å². The zero-order valence-corrected chi connectivity index (χ0v) is 9.26. The lowest BCUT2D eigenvalue weighted by atomic mass is 9.84. The summed E-state index contributed by atoms with van der Waals surface area (Å²) in [5, 5.41) is 10.9. The van der Waals surface area contributed by atoms with E-state index < -0.39 is 0 Å². The van der Waals surface area contributed by atoms with Crippen LogP contribution in [0.2, 0.25) is 0 Å². The highest BCUT2D eigenvalue weighted by Crippen LogP contribution is 2.36. The van der Waals surface area contributed by atoms with Crippen molar-refractivity contribution < 1.29 is 5.21 Å². The van der Waals surface area contributed by atoms with E-state index in [2.05, 4.69) is 11.1 Å². The van der Waals surface area contributed by atoms with Crippen LogP contribution in [0, 0.1) is 0 Å². The molecule has 16 heavy (non-hydrogen) atoms. The predicted octanol–water partition coefficient (Wildman–Crippen LogP) is 3.32. The summed E-state index contributed by atoms with van der Waals surface area (Å²) < 4.78 is 1.17.